The van der Waals surface area contributed by atoms with Crippen LogP contribution in [0.5, 0.6) is 0 Å². The predicted molar refractivity (Wildman–Crippen MR) is 105 cm³/mol. The van der Waals surface area contributed by atoms with E-state index in [9.17, 15) is 13.2 Å². The summed E-state index contributed by atoms with van der Waals surface area (Å²) < 4.78 is 25.1. The quantitative estimate of drug-likeness (QED) is 0.646. The van der Waals surface area contributed by atoms with Crippen molar-refractivity contribution < 1.29 is 13.2 Å². The first-order valence-corrected chi connectivity index (χ1v) is 11.6. The topological polar surface area (TPSA) is 85.2 Å². The number of rotatable bonds is 7. The SMILES string of the molecule is CN(Cc1ccccc1)C(=O)CSc1nnc(C[C@@H]2CCS(=O)(=O)C2)n1C. The van der Waals surface area contributed by atoms with Gasteiger partial charge in [0, 0.05) is 27.1 Å². The normalized spacial score (nSPS) is 18.5. The Hall–Kier alpha value is -1.87. The van der Waals surface area contributed by atoms with Gasteiger partial charge < -0.3 is 9.47 Å². The maximum absolute atomic E-state index is 12.4. The highest BCUT2D eigenvalue weighted by Gasteiger charge is 2.29. The van der Waals surface area contributed by atoms with Crippen molar-refractivity contribution in [3.05, 3.63) is 41.7 Å². The highest BCUT2D eigenvalue weighted by molar-refractivity contribution is 7.99. The van der Waals surface area contributed by atoms with Crippen LogP contribution >= 0.6 is 11.8 Å². The van der Waals surface area contributed by atoms with Gasteiger partial charge in [-0.2, -0.15) is 0 Å². The third kappa shape index (κ3) is 5.32. The van der Waals surface area contributed by atoms with Crippen LogP contribution in [0.2, 0.25) is 0 Å². The molecule has 2 heterocycles. The Balaban J connectivity index is 1.52. The van der Waals surface area contributed by atoms with E-state index in [0.717, 1.165) is 11.4 Å². The van der Waals surface area contributed by atoms with Gasteiger partial charge in [0.25, 0.3) is 0 Å². The summed E-state index contributed by atoms with van der Waals surface area (Å²) in [7, 11) is 0.759. The molecule has 7 nitrogen and oxygen atoms in total. The molecular weight excluding hydrogens is 384 g/mol. The molecule has 1 aliphatic heterocycles. The van der Waals surface area contributed by atoms with Gasteiger partial charge in [-0.1, -0.05) is 42.1 Å². The largest absolute Gasteiger partial charge is 0.341 e. The smallest absolute Gasteiger partial charge is 0.233 e. The fourth-order valence-electron chi connectivity index (χ4n) is 3.12. The fourth-order valence-corrected chi connectivity index (χ4v) is 5.85. The summed E-state index contributed by atoms with van der Waals surface area (Å²) in [4.78, 5) is 14.1. The maximum atomic E-state index is 12.4. The molecule has 1 saturated heterocycles. The standard InChI is InChI=1S/C18H24N4O3S2/c1-21(11-14-6-4-3-5-7-14)17(23)12-26-18-20-19-16(22(18)2)10-15-8-9-27(24,25)13-15/h3-7,15H,8-13H2,1-2H3/t15-/m0/s1. The Bertz CT molecular complexity index is 897. The Morgan fingerprint density at radius 1 is 1.30 bits per heavy atom. The number of thioether (sulfide) groups is 1. The molecule has 3 rings (SSSR count). The molecule has 9 heteroatoms. The zero-order valence-electron chi connectivity index (χ0n) is 15.5. The van der Waals surface area contributed by atoms with Gasteiger partial charge in [0.15, 0.2) is 15.0 Å². The Kier molecular flexibility index (Phi) is 6.21. The molecule has 1 amide bonds. The minimum atomic E-state index is -2.89. The maximum Gasteiger partial charge on any atom is 0.233 e. The number of hydrogen-bond donors (Lipinski definition) is 0. The lowest BCUT2D eigenvalue weighted by Gasteiger charge is -2.17. The van der Waals surface area contributed by atoms with Crippen LogP contribution in [0.3, 0.4) is 0 Å². The highest BCUT2D eigenvalue weighted by Crippen LogP contribution is 2.24. The molecule has 27 heavy (non-hydrogen) atoms. The molecule has 0 radical (unpaired) electrons. The van der Waals surface area contributed by atoms with Crippen LogP contribution in [0, 0.1) is 5.92 Å². The van der Waals surface area contributed by atoms with Gasteiger partial charge in [-0.3, -0.25) is 4.79 Å². The van der Waals surface area contributed by atoms with Crippen molar-refractivity contribution >= 4 is 27.5 Å². The summed E-state index contributed by atoms with van der Waals surface area (Å²) in [5, 5.41) is 9.03. The zero-order chi connectivity index (χ0) is 19.4. The molecule has 0 N–H and O–H groups in total. The molecule has 0 unspecified atom stereocenters. The van der Waals surface area contributed by atoms with E-state index in [4.69, 9.17) is 0 Å². The van der Waals surface area contributed by atoms with E-state index in [1.165, 1.54) is 11.8 Å². The van der Waals surface area contributed by atoms with Gasteiger partial charge in [0.05, 0.1) is 17.3 Å². The second-order valence-corrected chi connectivity index (χ2v) is 10.1. The van der Waals surface area contributed by atoms with Gasteiger partial charge in [-0.15, -0.1) is 10.2 Å². The Morgan fingerprint density at radius 2 is 2.04 bits per heavy atom. The summed E-state index contributed by atoms with van der Waals surface area (Å²) >= 11 is 1.35. The lowest BCUT2D eigenvalue weighted by Crippen LogP contribution is -2.27. The van der Waals surface area contributed by atoms with Crippen molar-refractivity contribution in [1.29, 1.82) is 0 Å². The van der Waals surface area contributed by atoms with Crippen LogP contribution in [0.1, 0.15) is 17.8 Å². The highest BCUT2D eigenvalue weighted by atomic mass is 32.2. The van der Waals surface area contributed by atoms with Crippen LogP contribution in [-0.4, -0.2) is 58.3 Å². The number of sulfone groups is 1. The van der Waals surface area contributed by atoms with E-state index < -0.39 is 9.84 Å². The molecule has 1 aromatic heterocycles. The van der Waals surface area contributed by atoms with E-state index in [-0.39, 0.29) is 29.1 Å². The summed E-state index contributed by atoms with van der Waals surface area (Å²) in [6.07, 6.45) is 1.28. The van der Waals surface area contributed by atoms with Crippen molar-refractivity contribution in [2.45, 2.75) is 24.5 Å². The zero-order valence-corrected chi connectivity index (χ0v) is 17.2. The molecule has 1 fully saturated rings. The number of nitrogens with zero attached hydrogens (tertiary/aromatic N) is 4. The van der Waals surface area contributed by atoms with E-state index in [2.05, 4.69) is 10.2 Å². The monoisotopic (exact) mass is 408 g/mol. The molecule has 0 aliphatic carbocycles. The van der Waals surface area contributed by atoms with E-state index >= 15 is 0 Å². The first-order valence-electron chi connectivity index (χ1n) is 8.83. The van der Waals surface area contributed by atoms with Crippen molar-refractivity contribution in [2.75, 3.05) is 24.3 Å². The van der Waals surface area contributed by atoms with Crippen molar-refractivity contribution in [3.8, 4) is 0 Å². The van der Waals surface area contributed by atoms with Crippen molar-refractivity contribution in [2.24, 2.45) is 13.0 Å². The second kappa shape index (κ2) is 8.43. The number of amides is 1. The van der Waals surface area contributed by atoms with Crippen molar-refractivity contribution in [3.63, 3.8) is 0 Å². The van der Waals surface area contributed by atoms with Crippen LogP contribution in [0.15, 0.2) is 35.5 Å². The van der Waals surface area contributed by atoms with Gasteiger partial charge in [-0.05, 0) is 17.9 Å². The van der Waals surface area contributed by atoms with E-state index in [1.54, 1.807) is 11.9 Å². The first kappa shape index (κ1) is 19.9. The van der Waals surface area contributed by atoms with Crippen LogP contribution < -0.4 is 0 Å². The third-order valence-corrected chi connectivity index (χ3v) is 7.58. The van der Waals surface area contributed by atoms with E-state index in [0.29, 0.717) is 24.5 Å². The minimum Gasteiger partial charge on any atom is -0.341 e. The molecule has 0 spiro atoms. The van der Waals surface area contributed by atoms with Crippen LogP contribution in [0.25, 0.3) is 0 Å². The molecule has 1 atom stereocenters. The first-order chi connectivity index (χ1) is 12.8. The lowest BCUT2D eigenvalue weighted by molar-refractivity contribution is -0.127. The summed E-state index contributed by atoms with van der Waals surface area (Å²) in [5.74, 6) is 1.67. The van der Waals surface area contributed by atoms with Crippen LogP contribution in [-0.2, 0) is 34.6 Å². The average molecular weight is 409 g/mol. The molecular formula is C18H24N4O3S2. The average Bonchev–Trinajstić information content (AvgIpc) is 3.16. The van der Waals surface area contributed by atoms with E-state index in [1.807, 2.05) is 41.9 Å². The summed E-state index contributed by atoms with van der Waals surface area (Å²) in [6.45, 7) is 0.570. The van der Waals surface area contributed by atoms with Crippen molar-refractivity contribution in [1.82, 2.24) is 19.7 Å². The molecule has 0 bridgehead atoms. The summed E-state index contributed by atoms with van der Waals surface area (Å²) in [6, 6.07) is 9.86. The lowest BCUT2D eigenvalue weighted by atomic mass is 10.1. The second-order valence-electron chi connectivity index (χ2n) is 6.96. The number of aromatic nitrogens is 3. The summed E-state index contributed by atoms with van der Waals surface area (Å²) in [5.41, 5.74) is 1.09. The minimum absolute atomic E-state index is 0.0234. The molecule has 0 saturated carbocycles. The molecule has 2 aromatic rings. The van der Waals surface area contributed by atoms with Gasteiger partial charge >= 0.3 is 0 Å². The van der Waals surface area contributed by atoms with Gasteiger partial charge in [0.2, 0.25) is 5.91 Å². The van der Waals surface area contributed by atoms with Crippen LogP contribution in [0.4, 0.5) is 0 Å². The Morgan fingerprint density at radius 3 is 2.70 bits per heavy atom. The van der Waals surface area contributed by atoms with Gasteiger partial charge in [-0.25, -0.2) is 8.42 Å². The predicted octanol–water partition coefficient (Wildman–Crippen LogP) is 1.54. The number of benzene rings is 1. The molecule has 1 aliphatic rings. The molecule has 1 aromatic carbocycles. The number of carbonyl (C=O) groups is 1. The molecule has 146 valence electrons. The number of carbonyl (C=O) groups excluding carboxylic acids is 1. The third-order valence-electron chi connectivity index (χ3n) is 4.74. The number of hydrogen-bond acceptors (Lipinski definition) is 6. The Labute approximate surface area is 164 Å². The van der Waals surface area contributed by atoms with Gasteiger partial charge in [0.1, 0.15) is 5.82 Å². The fraction of sp³-hybridized carbons (Fsp3) is 0.500.